The standard InChI is InChI=1S/C19H27FN2/c1-14(15-4-2-3-5-15)22-10-8-19(9-11-22)13-21-18-7-6-16(20)12-17(18)19/h6-7,12,14-15,21H,2-5,8-11,13H2,1H3. The molecule has 0 amide bonds. The molecule has 0 bridgehead atoms. The third-order valence-corrected chi connectivity index (χ3v) is 6.58. The van der Waals surface area contributed by atoms with Gasteiger partial charge in [0.2, 0.25) is 0 Å². The van der Waals surface area contributed by atoms with Gasteiger partial charge in [0.05, 0.1) is 0 Å². The van der Waals surface area contributed by atoms with E-state index in [1.165, 1.54) is 31.2 Å². The second-order valence-corrected chi connectivity index (χ2v) is 7.64. The number of benzene rings is 1. The van der Waals surface area contributed by atoms with Crippen molar-refractivity contribution in [3.05, 3.63) is 29.6 Å². The summed E-state index contributed by atoms with van der Waals surface area (Å²) in [5.74, 6) is 0.809. The van der Waals surface area contributed by atoms with Gasteiger partial charge in [-0.2, -0.15) is 0 Å². The summed E-state index contributed by atoms with van der Waals surface area (Å²) in [6.07, 6.45) is 7.99. The first-order valence-corrected chi connectivity index (χ1v) is 8.96. The minimum Gasteiger partial charge on any atom is -0.384 e. The molecule has 2 aliphatic heterocycles. The van der Waals surface area contributed by atoms with E-state index >= 15 is 0 Å². The maximum absolute atomic E-state index is 13.7. The van der Waals surface area contributed by atoms with Crippen LogP contribution in [0.15, 0.2) is 18.2 Å². The van der Waals surface area contributed by atoms with Gasteiger partial charge in [0.15, 0.2) is 0 Å². The van der Waals surface area contributed by atoms with Gasteiger partial charge >= 0.3 is 0 Å². The van der Waals surface area contributed by atoms with E-state index in [1.807, 2.05) is 6.07 Å². The fraction of sp³-hybridized carbons (Fsp3) is 0.684. The van der Waals surface area contributed by atoms with Gasteiger partial charge in [-0.25, -0.2) is 4.39 Å². The molecule has 0 radical (unpaired) electrons. The summed E-state index contributed by atoms with van der Waals surface area (Å²) < 4.78 is 13.7. The minimum atomic E-state index is -0.0939. The molecular formula is C19H27FN2. The van der Waals surface area contributed by atoms with E-state index in [2.05, 4.69) is 17.1 Å². The van der Waals surface area contributed by atoms with E-state index in [-0.39, 0.29) is 11.2 Å². The summed E-state index contributed by atoms with van der Waals surface area (Å²) in [4.78, 5) is 2.69. The summed E-state index contributed by atoms with van der Waals surface area (Å²) in [6.45, 7) is 5.73. The van der Waals surface area contributed by atoms with Gasteiger partial charge < -0.3 is 10.2 Å². The number of nitrogens with one attached hydrogen (secondary N) is 1. The van der Waals surface area contributed by atoms with Gasteiger partial charge in [-0.05, 0) is 75.4 Å². The molecule has 2 fully saturated rings. The zero-order valence-corrected chi connectivity index (χ0v) is 13.6. The number of nitrogens with zero attached hydrogens (tertiary/aromatic N) is 1. The Morgan fingerprint density at radius 2 is 1.95 bits per heavy atom. The third kappa shape index (κ3) is 2.34. The number of hydrogen-bond donors (Lipinski definition) is 1. The summed E-state index contributed by atoms with van der Waals surface area (Å²) >= 11 is 0. The van der Waals surface area contributed by atoms with Crippen LogP contribution in [-0.4, -0.2) is 30.6 Å². The van der Waals surface area contributed by atoms with Crippen molar-refractivity contribution in [2.75, 3.05) is 25.0 Å². The van der Waals surface area contributed by atoms with Gasteiger partial charge in [-0.1, -0.05) is 12.8 Å². The van der Waals surface area contributed by atoms with Crippen LogP contribution in [0.5, 0.6) is 0 Å². The Morgan fingerprint density at radius 3 is 2.68 bits per heavy atom. The zero-order chi connectivity index (χ0) is 15.2. The fourth-order valence-electron chi connectivity index (χ4n) is 5.01. The Hall–Kier alpha value is -1.09. The maximum atomic E-state index is 13.7. The molecular weight excluding hydrogens is 275 g/mol. The second kappa shape index (κ2) is 5.52. The van der Waals surface area contributed by atoms with Crippen molar-refractivity contribution in [2.45, 2.75) is 56.9 Å². The lowest BCUT2D eigenvalue weighted by Crippen LogP contribution is -2.48. The summed E-state index contributed by atoms with van der Waals surface area (Å²) in [5.41, 5.74) is 2.54. The Bertz CT molecular complexity index is 542. The second-order valence-electron chi connectivity index (χ2n) is 7.64. The molecule has 2 nitrogen and oxygen atoms in total. The topological polar surface area (TPSA) is 15.3 Å². The first kappa shape index (κ1) is 14.5. The van der Waals surface area contributed by atoms with Crippen LogP contribution in [0.1, 0.15) is 51.0 Å². The maximum Gasteiger partial charge on any atom is 0.123 e. The molecule has 1 aliphatic carbocycles. The van der Waals surface area contributed by atoms with Crippen molar-refractivity contribution in [3.63, 3.8) is 0 Å². The van der Waals surface area contributed by atoms with E-state index in [4.69, 9.17) is 0 Å². The Labute approximate surface area is 133 Å². The van der Waals surface area contributed by atoms with Gasteiger partial charge in [-0.15, -0.1) is 0 Å². The Kier molecular flexibility index (Phi) is 3.64. The van der Waals surface area contributed by atoms with Crippen molar-refractivity contribution < 1.29 is 4.39 Å². The first-order valence-electron chi connectivity index (χ1n) is 8.96. The molecule has 4 rings (SSSR count). The Morgan fingerprint density at radius 1 is 1.23 bits per heavy atom. The highest BCUT2D eigenvalue weighted by Gasteiger charge is 2.42. The zero-order valence-electron chi connectivity index (χ0n) is 13.6. The lowest BCUT2D eigenvalue weighted by Gasteiger charge is -2.43. The Balaban J connectivity index is 1.47. The molecule has 1 saturated heterocycles. The van der Waals surface area contributed by atoms with Crippen LogP contribution in [-0.2, 0) is 5.41 Å². The molecule has 0 aromatic heterocycles. The molecule has 22 heavy (non-hydrogen) atoms. The quantitative estimate of drug-likeness (QED) is 0.882. The molecule has 1 saturated carbocycles. The smallest absolute Gasteiger partial charge is 0.123 e. The average Bonchev–Trinajstić information content (AvgIpc) is 3.17. The van der Waals surface area contributed by atoms with E-state index in [0.717, 1.165) is 50.1 Å². The number of halogens is 1. The predicted octanol–water partition coefficient (Wildman–Crippen LogP) is 4.16. The highest BCUT2D eigenvalue weighted by Crippen LogP contribution is 2.45. The number of anilines is 1. The van der Waals surface area contributed by atoms with Crippen LogP contribution in [0.4, 0.5) is 10.1 Å². The van der Waals surface area contributed by atoms with Gasteiger partial charge in [0.25, 0.3) is 0 Å². The van der Waals surface area contributed by atoms with Crippen LogP contribution in [0.2, 0.25) is 0 Å². The van der Waals surface area contributed by atoms with Crippen LogP contribution >= 0.6 is 0 Å². The molecule has 1 unspecified atom stereocenters. The molecule has 1 atom stereocenters. The lowest BCUT2D eigenvalue weighted by atomic mass is 9.74. The predicted molar refractivity (Wildman–Crippen MR) is 88.8 cm³/mol. The molecule has 3 aliphatic rings. The van der Waals surface area contributed by atoms with Crippen molar-refractivity contribution in [1.82, 2.24) is 4.90 Å². The van der Waals surface area contributed by atoms with Gasteiger partial charge in [-0.3, -0.25) is 0 Å². The molecule has 120 valence electrons. The van der Waals surface area contributed by atoms with E-state index in [0.29, 0.717) is 0 Å². The molecule has 1 aromatic carbocycles. The summed E-state index contributed by atoms with van der Waals surface area (Å²) in [6, 6.07) is 5.97. The number of likely N-dealkylation sites (tertiary alicyclic amines) is 1. The van der Waals surface area contributed by atoms with Crippen LogP contribution in [0, 0.1) is 11.7 Å². The van der Waals surface area contributed by atoms with Crippen LogP contribution in [0.3, 0.4) is 0 Å². The van der Waals surface area contributed by atoms with Crippen molar-refractivity contribution in [3.8, 4) is 0 Å². The first-order chi connectivity index (χ1) is 10.7. The number of fused-ring (bicyclic) bond motifs is 2. The molecule has 1 N–H and O–H groups in total. The van der Waals surface area contributed by atoms with Crippen molar-refractivity contribution >= 4 is 5.69 Å². The number of hydrogen-bond acceptors (Lipinski definition) is 2. The van der Waals surface area contributed by atoms with Crippen LogP contribution in [0.25, 0.3) is 0 Å². The minimum absolute atomic E-state index is 0.0939. The highest BCUT2D eigenvalue weighted by atomic mass is 19.1. The van der Waals surface area contributed by atoms with Crippen molar-refractivity contribution in [1.29, 1.82) is 0 Å². The van der Waals surface area contributed by atoms with Crippen molar-refractivity contribution in [2.24, 2.45) is 5.92 Å². The lowest BCUT2D eigenvalue weighted by molar-refractivity contribution is 0.0973. The SMILES string of the molecule is CC(C1CCCC1)N1CCC2(CC1)CNc1ccc(F)cc12. The number of piperidine rings is 1. The average molecular weight is 302 g/mol. The molecule has 1 aromatic rings. The normalized spacial score (nSPS) is 26.1. The molecule has 1 spiro atoms. The molecule has 2 heterocycles. The fourth-order valence-corrected chi connectivity index (χ4v) is 5.01. The van der Waals surface area contributed by atoms with E-state index in [9.17, 15) is 4.39 Å². The highest BCUT2D eigenvalue weighted by molar-refractivity contribution is 5.60. The third-order valence-electron chi connectivity index (χ3n) is 6.58. The van der Waals surface area contributed by atoms with E-state index in [1.54, 1.807) is 12.1 Å². The summed E-state index contributed by atoms with van der Waals surface area (Å²) in [7, 11) is 0. The van der Waals surface area contributed by atoms with Gasteiger partial charge in [0.1, 0.15) is 5.82 Å². The largest absolute Gasteiger partial charge is 0.384 e. The van der Waals surface area contributed by atoms with Crippen LogP contribution < -0.4 is 5.32 Å². The molecule has 3 heteroatoms. The summed E-state index contributed by atoms with van der Waals surface area (Å²) in [5, 5.41) is 3.50. The van der Waals surface area contributed by atoms with Gasteiger partial charge in [0, 0.05) is 23.7 Å². The monoisotopic (exact) mass is 302 g/mol. The van der Waals surface area contributed by atoms with E-state index < -0.39 is 0 Å². The number of rotatable bonds is 2.